The van der Waals surface area contributed by atoms with Gasteiger partial charge >= 0.3 is 0 Å². The van der Waals surface area contributed by atoms with E-state index in [1.54, 1.807) is 0 Å². The number of pyridine rings is 1. The molecular weight excluding hydrogens is 256 g/mol. The fourth-order valence-corrected chi connectivity index (χ4v) is 2.73. The molecule has 1 unspecified atom stereocenters. The summed E-state index contributed by atoms with van der Waals surface area (Å²) in [6, 6.07) is 19.8. The maximum Gasteiger partial charge on any atom is 0.0360 e. The van der Waals surface area contributed by atoms with Crippen molar-refractivity contribution >= 4 is 10.8 Å². The predicted molar refractivity (Wildman–Crippen MR) is 88.3 cm³/mol. The smallest absolute Gasteiger partial charge is 0.0360 e. The molecule has 2 nitrogen and oxygen atoms in total. The average Bonchev–Trinajstić information content (AvgIpc) is 2.55. The number of nitrogens with zero attached hydrogens (tertiary/aromatic N) is 1. The molecule has 0 aliphatic rings. The van der Waals surface area contributed by atoms with E-state index >= 15 is 0 Å². The predicted octanol–water partition coefficient (Wildman–Crippen LogP) is 4.13. The highest BCUT2D eigenvalue weighted by atomic mass is 14.9. The van der Waals surface area contributed by atoms with Crippen LogP contribution in [0.2, 0.25) is 0 Å². The molecule has 0 aliphatic heterocycles. The Morgan fingerprint density at radius 3 is 2.48 bits per heavy atom. The van der Waals surface area contributed by atoms with E-state index in [1.165, 1.54) is 21.9 Å². The molecule has 21 heavy (non-hydrogen) atoms. The van der Waals surface area contributed by atoms with Crippen LogP contribution in [-0.4, -0.2) is 11.5 Å². The number of nitrogens with one attached hydrogen (secondary N) is 1. The minimum Gasteiger partial charge on any atom is -0.310 e. The van der Waals surface area contributed by atoms with Gasteiger partial charge < -0.3 is 5.32 Å². The van der Waals surface area contributed by atoms with Crippen LogP contribution in [0.3, 0.4) is 0 Å². The third-order valence-corrected chi connectivity index (χ3v) is 3.82. The van der Waals surface area contributed by atoms with Gasteiger partial charge in [-0.2, -0.15) is 0 Å². The van der Waals surface area contributed by atoms with Crippen LogP contribution < -0.4 is 5.32 Å². The van der Waals surface area contributed by atoms with Crippen LogP contribution in [0.25, 0.3) is 10.8 Å². The van der Waals surface area contributed by atoms with Crippen molar-refractivity contribution in [3.8, 4) is 0 Å². The van der Waals surface area contributed by atoms with Gasteiger partial charge in [-0.1, -0.05) is 43.3 Å². The highest BCUT2D eigenvalue weighted by Gasteiger charge is 2.11. The van der Waals surface area contributed by atoms with Gasteiger partial charge in [0.15, 0.2) is 0 Å². The topological polar surface area (TPSA) is 24.9 Å². The summed E-state index contributed by atoms with van der Waals surface area (Å²) in [4.78, 5) is 4.09. The molecule has 3 rings (SSSR count). The van der Waals surface area contributed by atoms with Gasteiger partial charge in [-0.3, -0.25) is 4.98 Å². The highest BCUT2D eigenvalue weighted by molar-refractivity contribution is 5.83. The third kappa shape index (κ3) is 3.29. The minimum atomic E-state index is 0.335. The maximum absolute atomic E-state index is 4.09. The molecule has 106 valence electrons. The quantitative estimate of drug-likeness (QED) is 0.758. The largest absolute Gasteiger partial charge is 0.310 e. The summed E-state index contributed by atoms with van der Waals surface area (Å²) in [6.07, 6.45) is 4.70. The van der Waals surface area contributed by atoms with E-state index in [9.17, 15) is 0 Å². The number of aromatic nitrogens is 1. The van der Waals surface area contributed by atoms with Gasteiger partial charge in [-0.15, -0.1) is 0 Å². The maximum atomic E-state index is 4.09. The molecule has 0 spiro atoms. The first-order chi connectivity index (χ1) is 10.4. The van der Waals surface area contributed by atoms with Crippen molar-refractivity contribution in [1.82, 2.24) is 10.3 Å². The Hall–Kier alpha value is -2.19. The summed E-state index contributed by atoms with van der Waals surface area (Å²) in [5.74, 6) is 0. The van der Waals surface area contributed by atoms with Crippen molar-refractivity contribution in [2.45, 2.75) is 19.4 Å². The molecule has 0 saturated carbocycles. The molecule has 2 heteroatoms. The van der Waals surface area contributed by atoms with Crippen LogP contribution >= 0.6 is 0 Å². The molecular formula is C19H20N2. The molecule has 0 fully saturated rings. The van der Waals surface area contributed by atoms with Crippen LogP contribution in [0.1, 0.15) is 24.1 Å². The summed E-state index contributed by atoms with van der Waals surface area (Å²) >= 11 is 0. The Bertz CT molecular complexity index is 707. The lowest BCUT2D eigenvalue weighted by Crippen LogP contribution is -2.22. The van der Waals surface area contributed by atoms with Crippen LogP contribution in [0, 0.1) is 0 Å². The standard InChI is InChI=1S/C19H20N2/c1-2-21-19(13-15-9-11-20-12-10-15)18-8-7-16-5-3-4-6-17(16)14-18/h3-12,14,19,21H,2,13H2,1H3. The summed E-state index contributed by atoms with van der Waals surface area (Å²) < 4.78 is 0. The zero-order valence-corrected chi connectivity index (χ0v) is 12.3. The third-order valence-electron chi connectivity index (χ3n) is 3.82. The van der Waals surface area contributed by atoms with Gasteiger partial charge in [-0.05, 0) is 53.1 Å². The van der Waals surface area contributed by atoms with E-state index in [-0.39, 0.29) is 0 Å². The fraction of sp³-hybridized carbons (Fsp3) is 0.211. The Kier molecular flexibility index (Phi) is 4.27. The first-order valence-corrected chi connectivity index (χ1v) is 7.48. The minimum absolute atomic E-state index is 0.335. The first-order valence-electron chi connectivity index (χ1n) is 7.48. The Balaban J connectivity index is 1.91. The molecule has 0 radical (unpaired) electrons. The van der Waals surface area contributed by atoms with Crippen molar-refractivity contribution < 1.29 is 0 Å². The number of fused-ring (bicyclic) bond motifs is 1. The second-order valence-corrected chi connectivity index (χ2v) is 5.28. The Morgan fingerprint density at radius 1 is 0.952 bits per heavy atom. The monoisotopic (exact) mass is 276 g/mol. The second-order valence-electron chi connectivity index (χ2n) is 5.28. The van der Waals surface area contributed by atoms with E-state index in [0.717, 1.165) is 13.0 Å². The Morgan fingerprint density at radius 2 is 1.71 bits per heavy atom. The summed E-state index contributed by atoms with van der Waals surface area (Å²) in [5, 5.41) is 6.18. The number of benzene rings is 2. The molecule has 3 aromatic rings. The van der Waals surface area contributed by atoms with E-state index in [2.05, 4.69) is 71.8 Å². The normalized spacial score (nSPS) is 12.4. The van der Waals surface area contributed by atoms with Crippen LogP contribution in [0.15, 0.2) is 67.0 Å². The zero-order valence-electron chi connectivity index (χ0n) is 12.3. The zero-order chi connectivity index (χ0) is 14.5. The van der Waals surface area contributed by atoms with Gasteiger partial charge in [0.2, 0.25) is 0 Å². The van der Waals surface area contributed by atoms with Crippen molar-refractivity contribution in [2.75, 3.05) is 6.54 Å². The van der Waals surface area contributed by atoms with E-state index in [1.807, 2.05) is 12.4 Å². The molecule has 1 N–H and O–H groups in total. The molecule has 0 amide bonds. The molecule has 0 bridgehead atoms. The van der Waals surface area contributed by atoms with Crippen LogP contribution in [0.4, 0.5) is 0 Å². The summed E-state index contributed by atoms with van der Waals surface area (Å²) in [5.41, 5.74) is 2.65. The van der Waals surface area contributed by atoms with Crippen LogP contribution in [0.5, 0.6) is 0 Å². The molecule has 0 aliphatic carbocycles. The van der Waals surface area contributed by atoms with E-state index in [4.69, 9.17) is 0 Å². The fourth-order valence-electron chi connectivity index (χ4n) is 2.73. The average molecular weight is 276 g/mol. The number of hydrogen-bond acceptors (Lipinski definition) is 2. The lowest BCUT2D eigenvalue weighted by Gasteiger charge is -2.19. The summed E-state index contributed by atoms with van der Waals surface area (Å²) in [6.45, 7) is 3.11. The summed E-state index contributed by atoms with van der Waals surface area (Å²) in [7, 11) is 0. The van der Waals surface area contributed by atoms with E-state index in [0.29, 0.717) is 6.04 Å². The van der Waals surface area contributed by atoms with Gasteiger partial charge in [0.25, 0.3) is 0 Å². The SMILES string of the molecule is CCNC(Cc1ccncc1)c1ccc2ccccc2c1. The van der Waals surface area contributed by atoms with Crippen molar-refractivity contribution in [1.29, 1.82) is 0 Å². The molecule has 1 atom stereocenters. The Labute approximate surface area is 125 Å². The van der Waals surface area contributed by atoms with Gasteiger partial charge in [-0.25, -0.2) is 0 Å². The lowest BCUT2D eigenvalue weighted by molar-refractivity contribution is 0.550. The van der Waals surface area contributed by atoms with E-state index < -0.39 is 0 Å². The molecule has 1 heterocycles. The van der Waals surface area contributed by atoms with Crippen molar-refractivity contribution in [3.63, 3.8) is 0 Å². The first kappa shape index (κ1) is 13.8. The van der Waals surface area contributed by atoms with Gasteiger partial charge in [0, 0.05) is 18.4 Å². The second kappa shape index (κ2) is 6.51. The van der Waals surface area contributed by atoms with Crippen LogP contribution in [-0.2, 0) is 6.42 Å². The highest BCUT2D eigenvalue weighted by Crippen LogP contribution is 2.23. The molecule has 2 aromatic carbocycles. The van der Waals surface area contributed by atoms with Crippen molar-refractivity contribution in [3.05, 3.63) is 78.1 Å². The lowest BCUT2D eigenvalue weighted by atomic mass is 9.97. The van der Waals surface area contributed by atoms with Gasteiger partial charge in [0.1, 0.15) is 0 Å². The van der Waals surface area contributed by atoms with Gasteiger partial charge in [0.05, 0.1) is 0 Å². The molecule has 0 saturated heterocycles. The van der Waals surface area contributed by atoms with Crippen molar-refractivity contribution in [2.24, 2.45) is 0 Å². The number of hydrogen-bond donors (Lipinski definition) is 1. The number of rotatable bonds is 5. The molecule has 1 aromatic heterocycles. The number of likely N-dealkylation sites (N-methyl/N-ethyl adjacent to an activating group) is 1.